The molecule has 6 rings (SSSR count). The lowest BCUT2D eigenvalue weighted by atomic mass is 10.3. The van der Waals surface area contributed by atoms with Crippen LogP contribution in [-0.2, 0) is 6.54 Å². The first kappa shape index (κ1) is 20.8. The highest BCUT2D eigenvalue weighted by Gasteiger charge is 2.20. The van der Waals surface area contributed by atoms with E-state index in [1.165, 1.54) is 12.1 Å². The van der Waals surface area contributed by atoms with E-state index in [9.17, 15) is 4.39 Å². The lowest BCUT2D eigenvalue weighted by Crippen LogP contribution is -2.44. The minimum absolute atomic E-state index is 0.320. The Labute approximate surface area is 199 Å². The molecule has 3 aromatic heterocycles. The van der Waals surface area contributed by atoms with E-state index in [2.05, 4.69) is 30.5 Å². The van der Waals surface area contributed by atoms with E-state index in [-0.39, 0.29) is 5.82 Å². The molecule has 3 N–H and O–H groups in total. The van der Waals surface area contributed by atoms with Gasteiger partial charge in [-0.3, -0.25) is 4.57 Å². The van der Waals surface area contributed by atoms with Crippen molar-refractivity contribution in [1.29, 1.82) is 0 Å². The van der Waals surface area contributed by atoms with Gasteiger partial charge in [0.05, 0.1) is 23.3 Å². The molecule has 0 atom stereocenters. The SMILES string of the molecule is Fc1cccc(-n2cnc3c(NCc4nc5cc(Cl)ccc5[nH]4)nc(N4CCNCC4)nc32)c1. The standard InChI is InChI=1S/C23H21ClFN9/c24-14-4-5-17-18(10-14)30-19(29-17)12-27-21-20-22(32-23(31-21)33-8-6-26-7-9-33)34(13-28-20)16-3-1-2-15(25)11-16/h1-5,10-11,13,26H,6-9,12H2,(H,29,30)(H,27,31,32). The number of halogens is 2. The van der Waals surface area contributed by atoms with Crippen LogP contribution in [0.3, 0.4) is 0 Å². The van der Waals surface area contributed by atoms with Gasteiger partial charge in [0.2, 0.25) is 5.95 Å². The molecule has 1 saturated heterocycles. The topological polar surface area (TPSA) is 99.6 Å². The first-order valence-corrected chi connectivity index (χ1v) is 11.4. The van der Waals surface area contributed by atoms with Gasteiger partial charge in [-0.05, 0) is 36.4 Å². The van der Waals surface area contributed by atoms with Gasteiger partial charge < -0.3 is 20.5 Å². The molecule has 0 amide bonds. The third-order valence-electron chi connectivity index (χ3n) is 5.79. The second-order valence-electron chi connectivity index (χ2n) is 8.07. The summed E-state index contributed by atoms with van der Waals surface area (Å²) < 4.78 is 15.7. The first-order chi connectivity index (χ1) is 16.6. The van der Waals surface area contributed by atoms with Crippen LogP contribution < -0.4 is 15.5 Å². The lowest BCUT2D eigenvalue weighted by molar-refractivity contribution is 0.580. The zero-order valence-electron chi connectivity index (χ0n) is 18.1. The van der Waals surface area contributed by atoms with E-state index >= 15 is 0 Å². The van der Waals surface area contributed by atoms with E-state index in [0.29, 0.717) is 40.2 Å². The van der Waals surface area contributed by atoms with Crippen molar-refractivity contribution in [2.24, 2.45) is 0 Å². The van der Waals surface area contributed by atoms with Crippen LogP contribution >= 0.6 is 11.6 Å². The second kappa shape index (κ2) is 8.54. The van der Waals surface area contributed by atoms with Crippen LogP contribution in [0.15, 0.2) is 48.8 Å². The maximum Gasteiger partial charge on any atom is 0.229 e. The Hall–Kier alpha value is -3.76. The minimum atomic E-state index is -0.320. The summed E-state index contributed by atoms with van der Waals surface area (Å²) in [6.07, 6.45) is 1.64. The molecule has 172 valence electrons. The van der Waals surface area contributed by atoms with Crippen LogP contribution in [0, 0.1) is 5.82 Å². The van der Waals surface area contributed by atoms with Gasteiger partial charge in [-0.15, -0.1) is 0 Å². The van der Waals surface area contributed by atoms with Crippen molar-refractivity contribution in [3.63, 3.8) is 0 Å². The number of aromatic nitrogens is 6. The maximum absolute atomic E-state index is 13.9. The fraction of sp³-hybridized carbons (Fsp3) is 0.217. The highest BCUT2D eigenvalue weighted by atomic mass is 35.5. The smallest absolute Gasteiger partial charge is 0.229 e. The van der Waals surface area contributed by atoms with Gasteiger partial charge in [-0.2, -0.15) is 9.97 Å². The average molecular weight is 478 g/mol. The summed E-state index contributed by atoms with van der Waals surface area (Å²) in [7, 11) is 0. The molecule has 0 aliphatic carbocycles. The molecule has 0 saturated carbocycles. The number of benzene rings is 2. The van der Waals surface area contributed by atoms with Gasteiger partial charge in [0.1, 0.15) is 18.0 Å². The Morgan fingerprint density at radius 1 is 1.06 bits per heavy atom. The third kappa shape index (κ3) is 3.91. The van der Waals surface area contributed by atoms with Crippen LogP contribution in [0.4, 0.5) is 16.2 Å². The number of rotatable bonds is 5. The molecular formula is C23H21ClFN9. The molecule has 1 aliphatic heterocycles. The number of imidazole rings is 2. The summed E-state index contributed by atoms with van der Waals surface area (Å²) in [6.45, 7) is 3.71. The van der Waals surface area contributed by atoms with Gasteiger partial charge in [0.15, 0.2) is 17.0 Å². The summed E-state index contributed by atoms with van der Waals surface area (Å²) in [4.78, 5) is 24.2. The van der Waals surface area contributed by atoms with Crippen LogP contribution in [0.25, 0.3) is 27.9 Å². The van der Waals surface area contributed by atoms with Crippen molar-refractivity contribution in [2.45, 2.75) is 6.54 Å². The Morgan fingerprint density at radius 2 is 1.94 bits per heavy atom. The number of anilines is 2. The van der Waals surface area contributed by atoms with Crippen LogP contribution in [0.5, 0.6) is 0 Å². The predicted molar refractivity (Wildman–Crippen MR) is 130 cm³/mol. The molecule has 2 aromatic carbocycles. The van der Waals surface area contributed by atoms with Gasteiger partial charge in [0.25, 0.3) is 0 Å². The predicted octanol–water partition coefficient (Wildman–Crippen LogP) is 3.51. The maximum atomic E-state index is 13.9. The molecule has 1 aliphatic rings. The number of piperazine rings is 1. The van der Waals surface area contributed by atoms with Gasteiger partial charge >= 0.3 is 0 Å². The minimum Gasteiger partial charge on any atom is -0.361 e. The van der Waals surface area contributed by atoms with Gasteiger partial charge in [-0.1, -0.05) is 17.7 Å². The van der Waals surface area contributed by atoms with E-state index in [0.717, 1.165) is 43.0 Å². The van der Waals surface area contributed by atoms with Crippen LogP contribution in [0.1, 0.15) is 5.82 Å². The van der Waals surface area contributed by atoms with Crippen molar-refractivity contribution in [1.82, 2.24) is 34.8 Å². The number of nitrogens with one attached hydrogen (secondary N) is 3. The number of nitrogens with zero attached hydrogens (tertiary/aromatic N) is 6. The summed E-state index contributed by atoms with van der Waals surface area (Å²) in [6, 6.07) is 11.9. The van der Waals surface area contributed by atoms with Gasteiger partial charge in [-0.25, -0.2) is 14.4 Å². The molecule has 5 aromatic rings. The normalized spacial score (nSPS) is 14.2. The molecule has 0 unspecified atom stereocenters. The first-order valence-electron chi connectivity index (χ1n) is 11.0. The molecule has 11 heteroatoms. The molecule has 0 radical (unpaired) electrons. The quantitative estimate of drug-likeness (QED) is 0.356. The number of hydrogen-bond donors (Lipinski definition) is 3. The average Bonchev–Trinajstić information content (AvgIpc) is 3.46. The molecule has 4 heterocycles. The van der Waals surface area contributed by atoms with Gasteiger partial charge in [0, 0.05) is 31.2 Å². The number of H-pyrrole nitrogens is 1. The molecular weight excluding hydrogens is 457 g/mol. The van der Waals surface area contributed by atoms with Crippen molar-refractivity contribution in [3.8, 4) is 5.69 Å². The van der Waals surface area contributed by atoms with E-state index in [4.69, 9.17) is 21.6 Å². The molecule has 34 heavy (non-hydrogen) atoms. The van der Waals surface area contributed by atoms with Crippen molar-refractivity contribution < 1.29 is 4.39 Å². The Kier molecular flexibility index (Phi) is 5.23. The number of hydrogen-bond acceptors (Lipinski definition) is 7. The molecule has 0 bridgehead atoms. The monoisotopic (exact) mass is 477 g/mol. The zero-order chi connectivity index (χ0) is 23.1. The summed E-state index contributed by atoms with van der Waals surface area (Å²) in [5, 5.41) is 7.35. The fourth-order valence-corrected chi connectivity index (χ4v) is 4.28. The third-order valence-corrected chi connectivity index (χ3v) is 6.02. The summed E-state index contributed by atoms with van der Waals surface area (Å²) in [5.41, 5.74) is 3.56. The molecule has 9 nitrogen and oxygen atoms in total. The second-order valence-corrected chi connectivity index (χ2v) is 8.51. The zero-order valence-corrected chi connectivity index (χ0v) is 18.8. The molecule has 1 fully saturated rings. The van der Waals surface area contributed by atoms with Crippen molar-refractivity contribution in [3.05, 3.63) is 65.5 Å². The highest BCUT2D eigenvalue weighted by molar-refractivity contribution is 6.31. The largest absolute Gasteiger partial charge is 0.361 e. The number of aromatic amines is 1. The Bertz CT molecular complexity index is 1490. The number of fused-ring (bicyclic) bond motifs is 2. The van der Waals surface area contributed by atoms with E-state index < -0.39 is 0 Å². The Morgan fingerprint density at radius 3 is 2.79 bits per heavy atom. The van der Waals surface area contributed by atoms with Crippen molar-refractivity contribution in [2.75, 3.05) is 36.4 Å². The van der Waals surface area contributed by atoms with Crippen LogP contribution in [0.2, 0.25) is 5.02 Å². The van der Waals surface area contributed by atoms with Crippen molar-refractivity contribution >= 4 is 45.6 Å². The summed E-state index contributed by atoms with van der Waals surface area (Å²) >= 11 is 6.09. The van der Waals surface area contributed by atoms with Crippen LogP contribution in [-0.4, -0.2) is 55.7 Å². The molecule has 0 spiro atoms. The lowest BCUT2D eigenvalue weighted by Gasteiger charge is -2.27. The highest BCUT2D eigenvalue weighted by Crippen LogP contribution is 2.26. The van der Waals surface area contributed by atoms with E-state index in [1.807, 2.05) is 24.3 Å². The summed E-state index contributed by atoms with van der Waals surface area (Å²) in [5.74, 6) is 1.62. The fourth-order valence-electron chi connectivity index (χ4n) is 4.12. The Balaban J connectivity index is 1.40. The van der Waals surface area contributed by atoms with E-state index in [1.54, 1.807) is 17.0 Å².